The summed E-state index contributed by atoms with van der Waals surface area (Å²) >= 11 is 0. The maximum atomic E-state index is 13.7. The molecule has 0 amide bonds. The predicted molar refractivity (Wildman–Crippen MR) is 91.6 cm³/mol. The monoisotopic (exact) mass is 369 g/mol. The summed E-state index contributed by atoms with van der Waals surface area (Å²) in [6, 6.07) is 6.74. The van der Waals surface area contributed by atoms with Crippen LogP contribution in [0.15, 0.2) is 24.3 Å². The zero-order chi connectivity index (χ0) is 17.6. The second-order valence-corrected chi connectivity index (χ2v) is 9.13. The van der Waals surface area contributed by atoms with Gasteiger partial charge in [-0.05, 0) is 36.6 Å². The van der Waals surface area contributed by atoms with Crippen LogP contribution in [0.25, 0.3) is 0 Å². The summed E-state index contributed by atoms with van der Waals surface area (Å²) in [5.41, 5.74) is 0.931. The number of hydrogen-bond acceptors (Lipinski definition) is 4. The highest BCUT2D eigenvalue weighted by Gasteiger charge is 2.50. The highest BCUT2D eigenvalue weighted by Crippen LogP contribution is 2.45. The number of morpholine rings is 1. The molecule has 138 valence electrons. The molecular formula is C17H24FN3O3S. The van der Waals surface area contributed by atoms with Crippen LogP contribution in [0.5, 0.6) is 0 Å². The lowest BCUT2D eigenvalue weighted by molar-refractivity contribution is 0.0703. The zero-order valence-electron chi connectivity index (χ0n) is 14.3. The van der Waals surface area contributed by atoms with Crippen molar-refractivity contribution in [2.24, 2.45) is 11.8 Å². The molecule has 0 saturated carbocycles. The van der Waals surface area contributed by atoms with Crippen LogP contribution in [0, 0.1) is 17.7 Å². The Balaban J connectivity index is 1.55. The molecule has 0 bridgehead atoms. The minimum atomic E-state index is -3.44. The summed E-state index contributed by atoms with van der Waals surface area (Å²) in [5, 5.41) is 0. The molecule has 0 radical (unpaired) electrons. The van der Waals surface area contributed by atoms with Crippen molar-refractivity contribution in [2.45, 2.75) is 6.04 Å². The van der Waals surface area contributed by atoms with Crippen LogP contribution in [0.2, 0.25) is 0 Å². The number of hydrogen-bond donors (Lipinski definition) is 0. The molecule has 3 saturated heterocycles. The van der Waals surface area contributed by atoms with Crippen LogP contribution in [0.1, 0.15) is 11.6 Å². The molecule has 1 aromatic carbocycles. The van der Waals surface area contributed by atoms with Gasteiger partial charge < -0.3 is 4.74 Å². The molecule has 4 rings (SSSR count). The first-order chi connectivity index (χ1) is 12.0. The van der Waals surface area contributed by atoms with Gasteiger partial charge in [-0.15, -0.1) is 0 Å². The van der Waals surface area contributed by atoms with Crippen LogP contribution in [0.4, 0.5) is 4.39 Å². The average Bonchev–Trinajstić information content (AvgIpc) is 3.12. The fourth-order valence-corrected chi connectivity index (χ4v) is 6.22. The van der Waals surface area contributed by atoms with Gasteiger partial charge >= 0.3 is 0 Å². The van der Waals surface area contributed by atoms with E-state index in [9.17, 15) is 12.8 Å². The van der Waals surface area contributed by atoms with Gasteiger partial charge in [0, 0.05) is 38.8 Å². The average molecular weight is 369 g/mol. The van der Waals surface area contributed by atoms with Gasteiger partial charge in [-0.3, -0.25) is 4.90 Å². The Morgan fingerprint density at radius 3 is 2.60 bits per heavy atom. The predicted octanol–water partition coefficient (Wildman–Crippen LogP) is 0.937. The molecule has 6 nitrogen and oxygen atoms in total. The second-order valence-electron chi connectivity index (χ2n) is 7.20. The van der Waals surface area contributed by atoms with Crippen molar-refractivity contribution in [2.75, 3.05) is 53.0 Å². The van der Waals surface area contributed by atoms with E-state index in [2.05, 4.69) is 4.90 Å². The van der Waals surface area contributed by atoms with Gasteiger partial charge in [0.05, 0.1) is 13.2 Å². The molecule has 0 aromatic heterocycles. The third kappa shape index (κ3) is 3.10. The number of benzene rings is 1. The molecule has 0 unspecified atom stereocenters. The number of rotatable bonds is 3. The highest BCUT2D eigenvalue weighted by molar-refractivity contribution is 7.86. The Morgan fingerprint density at radius 1 is 1.12 bits per heavy atom. The van der Waals surface area contributed by atoms with Crippen LogP contribution >= 0.6 is 0 Å². The van der Waals surface area contributed by atoms with E-state index in [0.29, 0.717) is 39.4 Å². The van der Waals surface area contributed by atoms with Crippen molar-refractivity contribution >= 4 is 10.2 Å². The summed E-state index contributed by atoms with van der Waals surface area (Å²) < 4.78 is 47.9. The minimum absolute atomic E-state index is 0.0607. The fourth-order valence-electron chi connectivity index (χ4n) is 4.54. The molecule has 3 heterocycles. The number of fused-ring (bicyclic) bond motifs is 1. The van der Waals surface area contributed by atoms with Crippen LogP contribution in [0.3, 0.4) is 0 Å². The Morgan fingerprint density at radius 2 is 1.88 bits per heavy atom. The SMILES string of the molecule is CN1C[C@H]2CN(S(=O)(=O)N3CCOCC3)C[C@H]2[C@@H]1c1cccc(F)c1. The standard InChI is InChI=1S/C17H24FN3O3S/c1-19-10-14-11-21(25(22,23)20-5-7-24-8-6-20)12-16(14)17(19)13-3-2-4-15(18)9-13/h2-4,9,14,16-17H,5-8,10-12H2,1H3/t14-,16+,17-/m0/s1. The summed E-state index contributed by atoms with van der Waals surface area (Å²) in [6.07, 6.45) is 0. The maximum Gasteiger partial charge on any atom is 0.282 e. The third-order valence-corrected chi connectivity index (χ3v) is 7.64. The van der Waals surface area contributed by atoms with E-state index in [-0.39, 0.29) is 23.7 Å². The molecule has 3 aliphatic rings. The Kier molecular flexibility index (Phi) is 4.57. The van der Waals surface area contributed by atoms with E-state index in [4.69, 9.17) is 4.74 Å². The molecule has 0 N–H and O–H groups in total. The van der Waals surface area contributed by atoms with Crippen molar-refractivity contribution in [3.8, 4) is 0 Å². The molecule has 25 heavy (non-hydrogen) atoms. The third-order valence-electron chi connectivity index (χ3n) is 5.67. The van der Waals surface area contributed by atoms with E-state index < -0.39 is 10.2 Å². The lowest BCUT2D eigenvalue weighted by Gasteiger charge is -2.31. The number of nitrogens with zero attached hydrogens (tertiary/aromatic N) is 3. The zero-order valence-corrected chi connectivity index (χ0v) is 15.2. The Bertz CT molecular complexity index is 738. The lowest BCUT2D eigenvalue weighted by atomic mass is 9.89. The first-order valence-electron chi connectivity index (χ1n) is 8.75. The van der Waals surface area contributed by atoms with Gasteiger partial charge in [0.2, 0.25) is 0 Å². The quantitative estimate of drug-likeness (QED) is 0.796. The summed E-state index contributed by atoms with van der Waals surface area (Å²) in [5.74, 6) is 0.238. The number of halogens is 1. The molecule has 3 atom stereocenters. The molecular weight excluding hydrogens is 345 g/mol. The summed E-state index contributed by atoms with van der Waals surface area (Å²) in [6.45, 7) is 3.61. The molecule has 8 heteroatoms. The van der Waals surface area contributed by atoms with Gasteiger partial charge in [-0.1, -0.05) is 12.1 Å². The van der Waals surface area contributed by atoms with Crippen molar-refractivity contribution < 1.29 is 17.5 Å². The topological polar surface area (TPSA) is 53.1 Å². The van der Waals surface area contributed by atoms with Crippen LogP contribution in [-0.2, 0) is 14.9 Å². The van der Waals surface area contributed by atoms with Gasteiger partial charge in [0.25, 0.3) is 10.2 Å². The minimum Gasteiger partial charge on any atom is -0.379 e. The molecule has 0 aliphatic carbocycles. The first kappa shape index (κ1) is 17.4. The van der Waals surface area contributed by atoms with Crippen molar-refractivity contribution in [1.82, 2.24) is 13.5 Å². The fraction of sp³-hybridized carbons (Fsp3) is 0.647. The van der Waals surface area contributed by atoms with Crippen molar-refractivity contribution in [3.05, 3.63) is 35.6 Å². The van der Waals surface area contributed by atoms with E-state index in [0.717, 1.165) is 12.1 Å². The lowest BCUT2D eigenvalue weighted by Crippen LogP contribution is -2.48. The van der Waals surface area contributed by atoms with Gasteiger partial charge in [0.15, 0.2) is 0 Å². The maximum absolute atomic E-state index is 13.7. The van der Waals surface area contributed by atoms with Gasteiger partial charge in [0.1, 0.15) is 5.82 Å². The second kappa shape index (κ2) is 6.59. The van der Waals surface area contributed by atoms with E-state index >= 15 is 0 Å². The van der Waals surface area contributed by atoms with Gasteiger partial charge in [-0.2, -0.15) is 17.0 Å². The van der Waals surface area contributed by atoms with E-state index in [1.54, 1.807) is 16.4 Å². The molecule has 1 aromatic rings. The Hall–Kier alpha value is -1.06. The molecule has 3 aliphatic heterocycles. The summed E-state index contributed by atoms with van der Waals surface area (Å²) in [7, 11) is -1.40. The number of likely N-dealkylation sites (tertiary alicyclic amines) is 1. The smallest absolute Gasteiger partial charge is 0.282 e. The van der Waals surface area contributed by atoms with Crippen LogP contribution in [-0.4, -0.2) is 74.9 Å². The van der Waals surface area contributed by atoms with Crippen molar-refractivity contribution in [1.29, 1.82) is 0 Å². The Labute approximate surface area is 148 Å². The molecule has 3 fully saturated rings. The normalized spacial score (nSPS) is 32.2. The number of ether oxygens (including phenoxy) is 1. The molecule has 0 spiro atoms. The first-order valence-corrected chi connectivity index (χ1v) is 10.1. The largest absolute Gasteiger partial charge is 0.379 e. The highest BCUT2D eigenvalue weighted by atomic mass is 32.2. The van der Waals surface area contributed by atoms with E-state index in [1.165, 1.54) is 10.4 Å². The van der Waals surface area contributed by atoms with Gasteiger partial charge in [-0.25, -0.2) is 4.39 Å². The van der Waals surface area contributed by atoms with Crippen LogP contribution < -0.4 is 0 Å². The van der Waals surface area contributed by atoms with Crippen molar-refractivity contribution in [3.63, 3.8) is 0 Å². The summed E-state index contributed by atoms with van der Waals surface area (Å²) in [4.78, 5) is 2.23. The van der Waals surface area contributed by atoms with E-state index in [1.807, 2.05) is 13.1 Å².